The van der Waals surface area contributed by atoms with Gasteiger partial charge in [-0.25, -0.2) is 0 Å². The molecule has 0 bridgehead atoms. The molecule has 3 rings (SSSR count). The molecule has 4 N–H and O–H groups in total. The zero-order chi connectivity index (χ0) is 18.7. The molecule has 1 aromatic rings. The van der Waals surface area contributed by atoms with E-state index in [0.717, 1.165) is 0 Å². The van der Waals surface area contributed by atoms with Gasteiger partial charge < -0.3 is 20.4 Å². The second-order valence-electron chi connectivity index (χ2n) is 8.11. The van der Waals surface area contributed by atoms with E-state index in [-0.39, 0.29) is 36.0 Å². The van der Waals surface area contributed by atoms with Crippen LogP contribution < -0.4 is 0 Å². The van der Waals surface area contributed by atoms with E-state index in [4.69, 9.17) is 0 Å². The van der Waals surface area contributed by atoms with E-state index in [1.807, 2.05) is 6.92 Å². The number of aliphatic hydroxyl groups excluding tert-OH is 1. The number of rotatable bonds is 2. The number of benzene rings is 1. The predicted octanol–water partition coefficient (Wildman–Crippen LogP) is 2.58. The average molecular weight is 346 g/mol. The minimum atomic E-state index is -1.04. The monoisotopic (exact) mass is 346 g/mol. The van der Waals surface area contributed by atoms with Gasteiger partial charge in [-0.1, -0.05) is 13.5 Å². The fourth-order valence-electron chi connectivity index (χ4n) is 4.53. The first-order chi connectivity index (χ1) is 11.5. The smallest absolute Gasteiger partial charge is 0.163 e. The molecule has 0 aliphatic heterocycles. The van der Waals surface area contributed by atoms with E-state index in [1.165, 1.54) is 0 Å². The second-order valence-corrected chi connectivity index (χ2v) is 8.11. The van der Waals surface area contributed by atoms with Crippen molar-refractivity contribution in [2.45, 2.75) is 63.6 Å². The molecule has 0 radical (unpaired) electrons. The highest BCUT2D eigenvalue weighted by atomic mass is 16.3. The van der Waals surface area contributed by atoms with Crippen LogP contribution in [-0.4, -0.2) is 37.9 Å². The van der Waals surface area contributed by atoms with Crippen LogP contribution in [0.15, 0.2) is 18.2 Å². The van der Waals surface area contributed by atoms with E-state index >= 15 is 0 Å². The van der Waals surface area contributed by atoms with Gasteiger partial charge in [0.2, 0.25) is 0 Å². The van der Waals surface area contributed by atoms with Crippen molar-refractivity contribution in [3.05, 3.63) is 34.9 Å². The van der Waals surface area contributed by atoms with Crippen molar-refractivity contribution in [1.29, 1.82) is 0 Å². The molecular weight excluding hydrogens is 320 g/mol. The third-order valence-corrected chi connectivity index (χ3v) is 6.14. The van der Waals surface area contributed by atoms with Crippen molar-refractivity contribution in [2.75, 3.05) is 0 Å². The van der Waals surface area contributed by atoms with E-state index in [9.17, 15) is 25.2 Å². The van der Waals surface area contributed by atoms with E-state index in [2.05, 4.69) is 6.58 Å². The number of aliphatic hydroxyl groups is 2. The Morgan fingerprint density at radius 1 is 1.28 bits per heavy atom. The Morgan fingerprint density at radius 3 is 2.52 bits per heavy atom. The van der Waals surface area contributed by atoms with Crippen LogP contribution in [0.3, 0.4) is 0 Å². The molecule has 0 spiro atoms. The summed E-state index contributed by atoms with van der Waals surface area (Å²) in [5, 5.41) is 41.3. The Hall–Kier alpha value is -1.85. The summed E-state index contributed by atoms with van der Waals surface area (Å²) in [6.07, 6.45) is 0.725. The van der Waals surface area contributed by atoms with Crippen LogP contribution in [0.2, 0.25) is 0 Å². The van der Waals surface area contributed by atoms with Crippen LogP contribution in [0.25, 0.3) is 0 Å². The first kappa shape index (κ1) is 18.0. The summed E-state index contributed by atoms with van der Waals surface area (Å²) in [7, 11) is 0. The molecule has 0 heterocycles. The van der Waals surface area contributed by atoms with Crippen molar-refractivity contribution in [3.63, 3.8) is 0 Å². The van der Waals surface area contributed by atoms with Gasteiger partial charge >= 0.3 is 0 Å². The summed E-state index contributed by atoms with van der Waals surface area (Å²) >= 11 is 0. The van der Waals surface area contributed by atoms with Gasteiger partial charge in [0.15, 0.2) is 17.3 Å². The summed E-state index contributed by atoms with van der Waals surface area (Å²) in [4.78, 5) is 12.8. The largest absolute Gasteiger partial charge is 0.504 e. The lowest BCUT2D eigenvalue weighted by Crippen LogP contribution is -2.50. The first-order valence-corrected chi connectivity index (χ1v) is 8.70. The van der Waals surface area contributed by atoms with Crippen molar-refractivity contribution >= 4 is 5.78 Å². The van der Waals surface area contributed by atoms with Gasteiger partial charge in [0.1, 0.15) is 0 Å². The van der Waals surface area contributed by atoms with Crippen LogP contribution in [0.1, 0.15) is 61.5 Å². The zero-order valence-corrected chi connectivity index (χ0v) is 15.0. The van der Waals surface area contributed by atoms with Crippen LogP contribution in [0.5, 0.6) is 11.5 Å². The molecule has 25 heavy (non-hydrogen) atoms. The van der Waals surface area contributed by atoms with Gasteiger partial charge in [0.05, 0.1) is 11.7 Å². The number of carbonyl (C=O) groups excluding carboxylic acids is 1. The van der Waals surface area contributed by atoms with Gasteiger partial charge in [-0.2, -0.15) is 0 Å². The highest BCUT2D eigenvalue weighted by molar-refractivity contribution is 6.01. The molecule has 1 aromatic carbocycles. The lowest BCUT2D eigenvalue weighted by Gasteiger charge is -2.51. The molecule has 4 atom stereocenters. The second kappa shape index (κ2) is 5.58. The Kier molecular flexibility index (Phi) is 4.01. The quantitative estimate of drug-likeness (QED) is 0.487. The number of Topliss-reactive ketones (excluding diaryl/α,β-unsaturated/α-hetero) is 1. The number of phenolic OH excluding ortho intramolecular Hbond substituents is 2. The molecule has 1 fully saturated rings. The molecule has 2 unspecified atom stereocenters. The summed E-state index contributed by atoms with van der Waals surface area (Å²) in [5.74, 6) is -0.997. The van der Waals surface area contributed by atoms with Crippen LogP contribution in [0.4, 0.5) is 0 Å². The number of carbonyl (C=O) groups is 1. The normalized spacial score (nSPS) is 32.9. The van der Waals surface area contributed by atoms with Gasteiger partial charge in [0.25, 0.3) is 0 Å². The van der Waals surface area contributed by atoms with Gasteiger partial charge in [-0.15, -0.1) is 0 Å². The Bertz CT molecular complexity index is 762. The third kappa shape index (κ3) is 2.57. The Morgan fingerprint density at radius 2 is 1.92 bits per heavy atom. The number of aromatic hydroxyl groups is 2. The van der Waals surface area contributed by atoms with Gasteiger partial charge in [0, 0.05) is 34.9 Å². The molecule has 5 heteroatoms. The molecule has 0 aromatic heterocycles. The van der Waals surface area contributed by atoms with E-state index in [0.29, 0.717) is 35.1 Å². The zero-order valence-electron chi connectivity index (χ0n) is 15.0. The molecule has 0 amide bonds. The highest BCUT2D eigenvalue weighted by Gasteiger charge is 2.53. The van der Waals surface area contributed by atoms with Gasteiger partial charge in [-0.05, 0) is 44.2 Å². The molecule has 5 nitrogen and oxygen atoms in total. The predicted molar refractivity (Wildman–Crippen MR) is 93.9 cm³/mol. The molecule has 136 valence electrons. The summed E-state index contributed by atoms with van der Waals surface area (Å²) in [6.45, 7) is 9.28. The Balaban J connectivity index is 2.20. The summed E-state index contributed by atoms with van der Waals surface area (Å²) in [5.41, 5.74) is 0.200. The van der Waals surface area contributed by atoms with Crippen molar-refractivity contribution < 1.29 is 25.2 Å². The molecule has 1 saturated carbocycles. The summed E-state index contributed by atoms with van der Waals surface area (Å²) in [6, 6.07) is 1.59. The maximum Gasteiger partial charge on any atom is 0.163 e. The topological polar surface area (TPSA) is 98.0 Å². The molecule has 2 aliphatic carbocycles. The van der Waals surface area contributed by atoms with Crippen molar-refractivity contribution in [2.24, 2.45) is 5.92 Å². The maximum absolute atomic E-state index is 12.8. The highest BCUT2D eigenvalue weighted by Crippen LogP contribution is 2.58. The van der Waals surface area contributed by atoms with E-state index in [1.54, 1.807) is 19.9 Å². The first-order valence-electron chi connectivity index (χ1n) is 8.70. The van der Waals surface area contributed by atoms with Crippen LogP contribution in [-0.2, 0) is 11.8 Å². The van der Waals surface area contributed by atoms with Crippen LogP contribution >= 0.6 is 0 Å². The summed E-state index contributed by atoms with van der Waals surface area (Å²) < 4.78 is 0. The van der Waals surface area contributed by atoms with Crippen molar-refractivity contribution in [3.8, 4) is 11.5 Å². The lowest BCUT2D eigenvalue weighted by atomic mass is 9.53. The number of phenols is 2. The average Bonchev–Trinajstić information content (AvgIpc) is 2.51. The van der Waals surface area contributed by atoms with Crippen LogP contribution in [0, 0.1) is 5.92 Å². The minimum absolute atomic E-state index is 0.140. The van der Waals surface area contributed by atoms with E-state index < -0.39 is 17.1 Å². The Labute approximate surface area is 147 Å². The lowest BCUT2D eigenvalue weighted by molar-refractivity contribution is 0.0258. The SMILES string of the molecule is C=C1[C@H]2CC(=O)c3cc(CC(C)O)c(O)c(O)c3[C@]2(C)CCC1(C)O. The minimum Gasteiger partial charge on any atom is -0.504 e. The number of hydrogen-bond donors (Lipinski definition) is 4. The third-order valence-electron chi connectivity index (χ3n) is 6.14. The fourth-order valence-corrected chi connectivity index (χ4v) is 4.53. The molecular formula is C20H26O5. The maximum atomic E-state index is 12.8. The van der Waals surface area contributed by atoms with Crippen molar-refractivity contribution in [1.82, 2.24) is 0 Å². The standard InChI is InChI=1S/C20H26O5/c1-10(21)7-12-8-13-15(22)9-14-11(2)20(4,25)6-5-19(14,3)16(13)18(24)17(12)23/h8,10,14,21,23-25H,2,5-7,9H2,1,3-4H3/t10?,14-,19-,20?/m1/s1. The number of fused-ring (bicyclic) bond motifs is 3. The fraction of sp³-hybridized carbons (Fsp3) is 0.550. The molecule has 2 aliphatic rings. The molecule has 0 saturated heterocycles. The number of ketones is 1. The number of hydrogen-bond acceptors (Lipinski definition) is 5. The van der Waals surface area contributed by atoms with Gasteiger partial charge in [-0.3, -0.25) is 4.79 Å².